The Hall–Kier alpha value is -3.09. The Kier molecular flexibility index (Phi) is 4.66. The zero-order chi connectivity index (χ0) is 19.8. The molecule has 1 aliphatic rings. The van der Waals surface area contributed by atoms with Crippen molar-refractivity contribution in [2.24, 2.45) is 0 Å². The van der Waals surface area contributed by atoms with Crippen molar-refractivity contribution in [3.05, 3.63) is 47.7 Å². The van der Waals surface area contributed by atoms with Crippen LogP contribution in [0.5, 0.6) is 0 Å². The first-order chi connectivity index (χ1) is 13.4. The van der Waals surface area contributed by atoms with Crippen LogP contribution in [0.15, 0.2) is 35.0 Å². The second-order valence-corrected chi connectivity index (χ2v) is 7.40. The van der Waals surface area contributed by atoms with Gasteiger partial charge in [0.1, 0.15) is 23.7 Å². The van der Waals surface area contributed by atoms with E-state index in [2.05, 4.69) is 27.0 Å². The van der Waals surface area contributed by atoms with E-state index in [-0.39, 0.29) is 5.91 Å². The van der Waals surface area contributed by atoms with Crippen molar-refractivity contribution in [1.82, 2.24) is 14.9 Å². The molecule has 0 radical (unpaired) electrons. The number of hydrogen-bond donors (Lipinski definition) is 0. The monoisotopic (exact) mass is 379 g/mol. The van der Waals surface area contributed by atoms with Gasteiger partial charge in [-0.1, -0.05) is 0 Å². The first kappa shape index (κ1) is 18.3. The van der Waals surface area contributed by atoms with Crippen molar-refractivity contribution < 1.29 is 9.21 Å². The third kappa shape index (κ3) is 3.28. The van der Waals surface area contributed by atoms with Crippen molar-refractivity contribution in [2.75, 3.05) is 50.1 Å². The SMILES string of the molecule is Cc1cc(C(=O)N2CCN(c3ccc4ncnc(N(C)C)c4c3)CC2)c(C)o1. The van der Waals surface area contributed by atoms with Gasteiger partial charge in [0.2, 0.25) is 0 Å². The van der Waals surface area contributed by atoms with E-state index < -0.39 is 0 Å². The van der Waals surface area contributed by atoms with Crippen molar-refractivity contribution in [2.45, 2.75) is 13.8 Å². The quantitative estimate of drug-likeness (QED) is 0.697. The van der Waals surface area contributed by atoms with Gasteiger partial charge in [-0.2, -0.15) is 0 Å². The predicted octanol–water partition coefficient (Wildman–Crippen LogP) is 2.87. The van der Waals surface area contributed by atoms with Gasteiger partial charge in [0.15, 0.2) is 0 Å². The van der Waals surface area contributed by atoms with E-state index in [1.54, 1.807) is 6.33 Å². The van der Waals surface area contributed by atoms with Gasteiger partial charge in [-0.25, -0.2) is 9.97 Å². The second kappa shape index (κ2) is 7.14. The second-order valence-electron chi connectivity index (χ2n) is 7.40. The summed E-state index contributed by atoms with van der Waals surface area (Å²) >= 11 is 0. The molecule has 0 unspecified atom stereocenters. The Balaban J connectivity index is 1.51. The molecule has 1 saturated heterocycles. The summed E-state index contributed by atoms with van der Waals surface area (Å²) in [6.07, 6.45) is 1.60. The van der Waals surface area contributed by atoms with E-state index in [9.17, 15) is 4.79 Å². The van der Waals surface area contributed by atoms with Crippen LogP contribution in [0.25, 0.3) is 10.9 Å². The first-order valence-electron chi connectivity index (χ1n) is 9.47. The number of anilines is 2. The van der Waals surface area contributed by atoms with Crippen LogP contribution in [0.4, 0.5) is 11.5 Å². The molecular formula is C21H25N5O2. The number of rotatable bonds is 3. The number of aryl methyl sites for hydroxylation is 2. The van der Waals surface area contributed by atoms with Gasteiger partial charge in [-0.05, 0) is 38.1 Å². The molecule has 1 aliphatic heterocycles. The molecule has 4 rings (SSSR count). The minimum absolute atomic E-state index is 0.0517. The summed E-state index contributed by atoms with van der Waals surface area (Å²) in [6, 6.07) is 8.10. The number of carbonyl (C=O) groups excluding carboxylic acids is 1. The van der Waals surface area contributed by atoms with Crippen molar-refractivity contribution in [3.8, 4) is 0 Å². The number of amides is 1. The van der Waals surface area contributed by atoms with Crippen molar-refractivity contribution in [1.29, 1.82) is 0 Å². The molecular weight excluding hydrogens is 354 g/mol. The molecule has 0 bridgehead atoms. The summed E-state index contributed by atoms with van der Waals surface area (Å²) in [7, 11) is 3.97. The summed E-state index contributed by atoms with van der Waals surface area (Å²) in [5.41, 5.74) is 2.74. The standard InChI is InChI=1S/C21H25N5O2/c1-14-11-17(15(2)28-14)21(27)26-9-7-25(8-10-26)16-5-6-19-18(12-16)20(24(3)4)23-13-22-19/h5-6,11-13H,7-10H2,1-4H3. The van der Waals surface area contributed by atoms with Gasteiger partial charge in [-0.15, -0.1) is 0 Å². The Labute approximate surface area is 164 Å². The van der Waals surface area contributed by atoms with Crippen LogP contribution in [0.2, 0.25) is 0 Å². The van der Waals surface area contributed by atoms with E-state index >= 15 is 0 Å². The maximum Gasteiger partial charge on any atom is 0.257 e. The van der Waals surface area contributed by atoms with E-state index in [4.69, 9.17) is 4.42 Å². The highest BCUT2D eigenvalue weighted by Gasteiger charge is 2.25. The normalized spacial score (nSPS) is 14.6. The average molecular weight is 379 g/mol. The van der Waals surface area contributed by atoms with E-state index in [0.29, 0.717) is 24.4 Å². The van der Waals surface area contributed by atoms with Gasteiger partial charge in [0.05, 0.1) is 11.1 Å². The molecule has 1 fully saturated rings. The minimum Gasteiger partial charge on any atom is -0.466 e. The molecule has 2 aromatic heterocycles. The van der Waals surface area contributed by atoms with Crippen molar-refractivity contribution in [3.63, 3.8) is 0 Å². The average Bonchev–Trinajstić information content (AvgIpc) is 3.04. The maximum atomic E-state index is 12.8. The van der Waals surface area contributed by atoms with Gasteiger partial charge >= 0.3 is 0 Å². The fourth-order valence-corrected chi connectivity index (χ4v) is 3.77. The molecule has 146 valence electrons. The topological polar surface area (TPSA) is 65.7 Å². The summed E-state index contributed by atoms with van der Waals surface area (Å²) in [5.74, 6) is 2.42. The van der Waals surface area contributed by atoms with E-state index in [0.717, 1.165) is 41.3 Å². The van der Waals surface area contributed by atoms with E-state index in [1.807, 2.05) is 49.9 Å². The number of aromatic nitrogens is 2. The van der Waals surface area contributed by atoms with Gasteiger partial charge < -0.3 is 19.1 Å². The number of benzene rings is 1. The minimum atomic E-state index is 0.0517. The molecule has 1 amide bonds. The summed E-state index contributed by atoms with van der Waals surface area (Å²) in [6.45, 7) is 6.66. The molecule has 28 heavy (non-hydrogen) atoms. The van der Waals surface area contributed by atoms with Crippen LogP contribution < -0.4 is 9.80 Å². The Bertz CT molecular complexity index is 1020. The molecule has 0 N–H and O–H groups in total. The third-order valence-corrected chi connectivity index (χ3v) is 5.22. The van der Waals surface area contributed by atoms with Crippen LogP contribution in [0, 0.1) is 13.8 Å². The number of hydrogen-bond acceptors (Lipinski definition) is 6. The Morgan fingerprint density at radius 3 is 2.46 bits per heavy atom. The molecule has 1 aromatic carbocycles. The van der Waals surface area contributed by atoms with Crippen LogP contribution in [-0.2, 0) is 0 Å². The molecule has 0 saturated carbocycles. The molecule has 7 nitrogen and oxygen atoms in total. The number of fused-ring (bicyclic) bond motifs is 1. The summed E-state index contributed by atoms with van der Waals surface area (Å²) < 4.78 is 5.51. The highest BCUT2D eigenvalue weighted by molar-refractivity contribution is 5.95. The summed E-state index contributed by atoms with van der Waals surface area (Å²) in [4.78, 5) is 27.8. The zero-order valence-corrected chi connectivity index (χ0v) is 16.8. The largest absolute Gasteiger partial charge is 0.466 e. The number of nitrogens with zero attached hydrogens (tertiary/aromatic N) is 5. The van der Waals surface area contributed by atoms with E-state index in [1.165, 1.54) is 0 Å². The first-order valence-corrected chi connectivity index (χ1v) is 9.47. The number of furan rings is 1. The fraction of sp³-hybridized carbons (Fsp3) is 0.381. The molecule has 0 spiro atoms. The third-order valence-electron chi connectivity index (χ3n) is 5.22. The van der Waals surface area contributed by atoms with Crippen LogP contribution >= 0.6 is 0 Å². The number of carbonyl (C=O) groups is 1. The Morgan fingerprint density at radius 1 is 1.07 bits per heavy atom. The van der Waals surface area contributed by atoms with Gasteiger partial charge in [0, 0.05) is 51.3 Å². The van der Waals surface area contributed by atoms with Crippen molar-refractivity contribution >= 4 is 28.3 Å². The smallest absolute Gasteiger partial charge is 0.257 e. The molecule has 0 atom stereocenters. The molecule has 0 aliphatic carbocycles. The molecule has 3 heterocycles. The van der Waals surface area contributed by atoms with Crippen LogP contribution in [0.3, 0.4) is 0 Å². The lowest BCUT2D eigenvalue weighted by Gasteiger charge is -2.36. The number of piperazine rings is 1. The summed E-state index contributed by atoms with van der Waals surface area (Å²) in [5, 5.41) is 1.04. The lowest BCUT2D eigenvalue weighted by Crippen LogP contribution is -2.48. The predicted molar refractivity (Wildman–Crippen MR) is 110 cm³/mol. The van der Waals surface area contributed by atoms with Gasteiger partial charge in [-0.3, -0.25) is 4.79 Å². The molecule has 3 aromatic rings. The maximum absolute atomic E-state index is 12.8. The van der Waals surface area contributed by atoms with Crippen LogP contribution in [0.1, 0.15) is 21.9 Å². The highest BCUT2D eigenvalue weighted by atomic mass is 16.3. The fourth-order valence-electron chi connectivity index (χ4n) is 3.77. The highest BCUT2D eigenvalue weighted by Crippen LogP contribution is 2.27. The zero-order valence-electron chi connectivity index (χ0n) is 16.8. The lowest BCUT2D eigenvalue weighted by molar-refractivity contribution is 0.0745. The Morgan fingerprint density at radius 2 is 1.82 bits per heavy atom. The van der Waals surface area contributed by atoms with Crippen LogP contribution in [-0.4, -0.2) is 61.0 Å². The van der Waals surface area contributed by atoms with Gasteiger partial charge in [0.25, 0.3) is 5.91 Å². The lowest BCUT2D eigenvalue weighted by atomic mass is 10.1. The molecule has 7 heteroatoms.